The Balaban J connectivity index is 1.37. The zero-order valence-corrected chi connectivity index (χ0v) is 15.3. The van der Waals surface area contributed by atoms with E-state index in [1.54, 1.807) is 27.9 Å². The van der Waals surface area contributed by atoms with Crippen molar-refractivity contribution in [3.63, 3.8) is 0 Å². The first-order valence-corrected chi connectivity index (χ1v) is 9.92. The van der Waals surface area contributed by atoms with Crippen LogP contribution < -0.4 is 0 Å². The van der Waals surface area contributed by atoms with Crippen LogP contribution in [-0.2, 0) is 22.7 Å². The molecule has 0 N–H and O–H groups in total. The first-order chi connectivity index (χ1) is 12.7. The van der Waals surface area contributed by atoms with Crippen LogP contribution in [0.25, 0.3) is 0 Å². The second-order valence-electron chi connectivity index (χ2n) is 6.93. The fraction of sp³-hybridized carbons (Fsp3) is 0.588. The van der Waals surface area contributed by atoms with Crippen LogP contribution in [0.5, 0.6) is 0 Å². The fourth-order valence-corrected chi connectivity index (χ4v) is 4.39. The summed E-state index contributed by atoms with van der Waals surface area (Å²) in [6, 6.07) is 0.0993. The van der Waals surface area contributed by atoms with Gasteiger partial charge in [-0.3, -0.25) is 14.3 Å². The van der Waals surface area contributed by atoms with Gasteiger partial charge in [-0.1, -0.05) is 0 Å². The highest BCUT2D eigenvalue weighted by Gasteiger charge is 2.41. The number of rotatable bonds is 6. The van der Waals surface area contributed by atoms with Crippen LogP contribution in [0.2, 0.25) is 0 Å². The van der Waals surface area contributed by atoms with E-state index in [1.165, 1.54) is 6.33 Å². The van der Waals surface area contributed by atoms with E-state index in [9.17, 15) is 9.59 Å². The smallest absolute Gasteiger partial charge is 0.228 e. The Kier molecular flexibility index (Phi) is 4.96. The van der Waals surface area contributed by atoms with E-state index in [0.29, 0.717) is 32.6 Å². The van der Waals surface area contributed by atoms with Crippen molar-refractivity contribution in [2.24, 2.45) is 5.92 Å². The van der Waals surface area contributed by atoms with Crippen LogP contribution in [0.4, 0.5) is 0 Å². The predicted molar refractivity (Wildman–Crippen MR) is 95.0 cm³/mol. The quantitative estimate of drug-likeness (QED) is 0.758. The summed E-state index contributed by atoms with van der Waals surface area (Å²) in [5.74, 6) is 0.226. The second kappa shape index (κ2) is 7.53. The summed E-state index contributed by atoms with van der Waals surface area (Å²) in [4.78, 5) is 37.5. The van der Waals surface area contributed by atoms with Crippen molar-refractivity contribution in [3.05, 3.63) is 29.2 Å². The van der Waals surface area contributed by atoms with Crippen molar-refractivity contribution >= 4 is 23.2 Å². The number of hydrogen-bond acceptors (Lipinski definition) is 6. The van der Waals surface area contributed by atoms with Crippen molar-refractivity contribution in [3.8, 4) is 0 Å². The minimum Gasteiger partial charge on any atom is -0.340 e. The molecule has 26 heavy (non-hydrogen) atoms. The van der Waals surface area contributed by atoms with Crippen molar-refractivity contribution in [1.82, 2.24) is 29.5 Å². The Morgan fingerprint density at radius 2 is 2.23 bits per heavy atom. The Morgan fingerprint density at radius 3 is 3.00 bits per heavy atom. The molecule has 0 radical (unpaired) electrons. The van der Waals surface area contributed by atoms with Gasteiger partial charge in [0.05, 0.1) is 23.7 Å². The minimum absolute atomic E-state index is 0.0772. The number of aromatic nitrogens is 4. The van der Waals surface area contributed by atoms with E-state index >= 15 is 0 Å². The Hall–Kier alpha value is -2.29. The van der Waals surface area contributed by atoms with Gasteiger partial charge in [-0.15, -0.1) is 11.3 Å². The number of piperidine rings is 1. The molecule has 9 heteroatoms. The summed E-state index contributed by atoms with van der Waals surface area (Å²) >= 11 is 1.54. The zero-order chi connectivity index (χ0) is 17.9. The number of amides is 2. The topological polar surface area (TPSA) is 84.2 Å². The van der Waals surface area contributed by atoms with Gasteiger partial charge in [0.15, 0.2) is 0 Å². The normalized spacial score (nSPS) is 22.7. The first-order valence-electron chi connectivity index (χ1n) is 8.98. The Bertz CT molecular complexity index is 747. The summed E-state index contributed by atoms with van der Waals surface area (Å²) in [5, 5.41) is 6.04. The summed E-state index contributed by atoms with van der Waals surface area (Å²) < 4.78 is 1.73. The van der Waals surface area contributed by atoms with Gasteiger partial charge in [0.1, 0.15) is 12.7 Å². The molecule has 2 aromatic heterocycles. The monoisotopic (exact) mass is 374 g/mol. The number of aryl methyl sites for hydroxylation is 1. The van der Waals surface area contributed by atoms with E-state index in [-0.39, 0.29) is 23.8 Å². The highest BCUT2D eigenvalue weighted by Crippen LogP contribution is 2.30. The maximum absolute atomic E-state index is 12.8. The summed E-state index contributed by atoms with van der Waals surface area (Å²) in [5.41, 5.74) is 2.72. The lowest BCUT2D eigenvalue weighted by atomic mass is 9.94. The van der Waals surface area contributed by atoms with E-state index in [1.807, 2.05) is 15.2 Å². The lowest BCUT2D eigenvalue weighted by molar-refractivity contribution is -0.140. The molecule has 3 aliphatic heterocycles. The Labute approximate surface area is 155 Å². The maximum atomic E-state index is 12.8. The SMILES string of the molecule is O=C(CCCn1cncn1)N1C[C@@H]2CC[C@H](C1)N(Cc1cscn1)C2=O. The number of fused-ring (bicyclic) bond motifs is 4. The fourth-order valence-electron chi connectivity index (χ4n) is 3.84. The number of thiazole rings is 1. The molecule has 0 saturated carbocycles. The molecule has 2 amide bonds. The Morgan fingerprint density at radius 1 is 1.31 bits per heavy atom. The molecule has 2 aromatic rings. The predicted octanol–water partition coefficient (Wildman–Crippen LogP) is 1.16. The third kappa shape index (κ3) is 3.62. The lowest BCUT2D eigenvalue weighted by Gasteiger charge is -2.35. The molecule has 5 heterocycles. The third-order valence-electron chi connectivity index (χ3n) is 5.21. The molecule has 0 spiro atoms. The van der Waals surface area contributed by atoms with Gasteiger partial charge in [0.2, 0.25) is 11.8 Å². The number of hydrogen-bond donors (Lipinski definition) is 0. The summed E-state index contributed by atoms with van der Waals surface area (Å²) in [6.45, 7) is 2.42. The van der Waals surface area contributed by atoms with Gasteiger partial charge in [-0.25, -0.2) is 9.97 Å². The number of nitrogens with zero attached hydrogens (tertiary/aromatic N) is 6. The van der Waals surface area contributed by atoms with Crippen LogP contribution in [-0.4, -0.2) is 60.5 Å². The molecule has 138 valence electrons. The molecule has 2 bridgehead atoms. The van der Waals surface area contributed by atoms with Crippen LogP contribution >= 0.6 is 11.3 Å². The molecule has 3 fully saturated rings. The molecule has 2 atom stereocenters. The highest BCUT2D eigenvalue weighted by atomic mass is 32.1. The van der Waals surface area contributed by atoms with Gasteiger partial charge in [0.25, 0.3) is 0 Å². The van der Waals surface area contributed by atoms with Crippen LogP contribution in [0.1, 0.15) is 31.4 Å². The third-order valence-corrected chi connectivity index (χ3v) is 5.84. The molecule has 0 unspecified atom stereocenters. The molecule has 8 nitrogen and oxygen atoms in total. The molecular formula is C17H22N6O2S. The highest BCUT2D eigenvalue weighted by molar-refractivity contribution is 7.07. The molecular weight excluding hydrogens is 352 g/mol. The second-order valence-corrected chi connectivity index (χ2v) is 7.65. The molecule has 3 saturated heterocycles. The van der Waals surface area contributed by atoms with Crippen molar-refractivity contribution < 1.29 is 9.59 Å². The number of carbonyl (C=O) groups excluding carboxylic acids is 2. The van der Waals surface area contributed by atoms with E-state index in [4.69, 9.17) is 0 Å². The van der Waals surface area contributed by atoms with Gasteiger partial charge in [0, 0.05) is 37.5 Å². The van der Waals surface area contributed by atoms with Crippen molar-refractivity contribution in [2.45, 2.75) is 44.8 Å². The molecule has 5 rings (SSSR count). The molecule has 3 aliphatic rings. The first kappa shape index (κ1) is 17.1. The average Bonchev–Trinajstić information content (AvgIpc) is 3.27. The lowest BCUT2D eigenvalue weighted by Crippen LogP contribution is -2.47. The van der Waals surface area contributed by atoms with Gasteiger partial charge in [-0.2, -0.15) is 5.10 Å². The molecule has 0 aromatic carbocycles. The van der Waals surface area contributed by atoms with E-state index in [2.05, 4.69) is 15.1 Å². The standard InChI is InChI=1S/C17H22N6O2S/c24-16(2-1-5-22-11-18-10-20-22)21-6-13-3-4-15(8-21)23(17(13)25)7-14-9-26-12-19-14/h9-13,15H,1-8H2/t13-,15+/m0/s1. The minimum atomic E-state index is -0.0772. The van der Waals surface area contributed by atoms with Crippen molar-refractivity contribution in [1.29, 1.82) is 0 Å². The van der Waals surface area contributed by atoms with Crippen LogP contribution in [0.3, 0.4) is 0 Å². The van der Waals surface area contributed by atoms with Crippen molar-refractivity contribution in [2.75, 3.05) is 13.1 Å². The van der Waals surface area contributed by atoms with Gasteiger partial charge in [-0.05, 0) is 19.3 Å². The summed E-state index contributed by atoms with van der Waals surface area (Å²) in [7, 11) is 0. The summed E-state index contributed by atoms with van der Waals surface area (Å²) in [6.07, 6.45) is 6.19. The average molecular weight is 374 g/mol. The van der Waals surface area contributed by atoms with E-state index < -0.39 is 0 Å². The van der Waals surface area contributed by atoms with Crippen LogP contribution in [0, 0.1) is 5.92 Å². The molecule has 0 aliphatic carbocycles. The van der Waals surface area contributed by atoms with Crippen LogP contribution in [0.15, 0.2) is 23.5 Å². The largest absolute Gasteiger partial charge is 0.340 e. The van der Waals surface area contributed by atoms with E-state index in [0.717, 1.165) is 25.0 Å². The van der Waals surface area contributed by atoms with Gasteiger partial charge >= 0.3 is 0 Å². The van der Waals surface area contributed by atoms with Gasteiger partial charge < -0.3 is 9.80 Å². The maximum Gasteiger partial charge on any atom is 0.228 e. The number of carbonyl (C=O) groups is 2. The zero-order valence-electron chi connectivity index (χ0n) is 14.5.